The largest absolute Gasteiger partial charge is 0.417 e. The van der Waals surface area contributed by atoms with Crippen LogP contribution in [0.15, 0.2) is 43.0 Å². The lowest BCUT2D eigenvalue weighted by Crippen LogP contribution is -2.28. The highest BCUT2D eigenvalue weighted by atomic mass is 19.4. The van der Waals surface area contributed by atoms with Crippen LogP contribution in [-0.4, -0.2) is 31.9 Å². The number of nitrogens with two attached hydrogens (primary N) is 1. The number of hydrogen-bond donors (Lipinski definition) is 2. The molecule has 3 heterocycles. The van der Waals surface area contributed by atoms with Crippen molar-refractivity contribution < 1.29 is 22.4 Å². The Bertz CT molecular complexity index is 1150. The second-order valence-corrected chi connectivity index (χ2v) is 7.91. The predicted molar refractivity (Wildman–Crippen MR) is 115 cm³/mol. The molecule has 3 aromatic rings. The summed E-state index contributed by atoms with van der Waals surface area (Å²) in [5.41, 5.74) is 5.95. The number of alkyl halides is 3. The van der Waals surface area contributed by atoms with Crippen LogP contribution >= 0.6 is 0 Å². The van der Waals surface area contributed by atoms with Gasteiger partial charge >= 0.3 is 6.18 Å². The Labute approximate surface area is 192 Å². The Hall–Kier alpha value is -3.83. The van der Waals surface area contributed by atoms with Crippen LogP contribution in [0, 0.1) is 5.82 Å². The summed E-state index contributed by atoms with van der Waals surface area (Å²) >= 11 is 0. The van der Waals surface area contributed by atoms with E-state index in [-0.39, 0.29) is 37.2 Å². The second-order valence-electron chi connectivity index (χ2n) is 7.91. The summed E-state index contributed by atoms with van der Waals surface area (Å²) < 4.78 is 53.7. The maximum atomic E-state index is 15.3. The van der Waals surface area contributed by atoms with Gasteiger partial charge in [0, 0.05) is 30.7 Å². The van der Waals surface area contributed by atoms with E-state index in [1.807, 2.05) is 0 Å². The molecule has 0 unspecified atom stereocenters. The lowest BCUT2D eigenvalue weighted by Gasteiger charge is -2.24. The van der Waals surface area contributed by atoms with Crippen LogP contribution in [0.5, 0.6) is 0 Å². The van der Waals surface area contributed by atoms with Crippen molar-refractivity contribution in [3.63, 3.8) is 0 Å². The lowest BCUT2D eigenvalue weighted by molar-refractivity contribution is -0.137. The number of amides is 1. The first-order chi connectivity index (χ1) is 16.2. The molecule has 34 heavy (non-hydrogen) atoms. The third-order valence-electron chi connectivity index (χ3n) is 5.22. The number of aromatic nitrogens is 4. The average Bonchev–Trinajstić information content (AvgIpc) is 3.63. The van der Waals surface area contributed by atoms with Crippen molar-refractivity contribution in [3.05, 3.63) is 71.3 Å². The first-order valence-electron chi connectivity index (χ1n) is 10.5. The number of anilines is 2. The molecule has 0 saturated heterocycles. The molecule has 8 nitrogen and oxygen atoms in total. The molecule has 3 N–H and O–H groups in total. The molecule has 0 atom stereocenters. The summed E-state index contributed by atoms with van der Waals surface area (Å²) in [7, 11) is 0. The predicted octanol–water partition coefficient (Wildman–Crippen LogP) is 3.23. The van der Waals surface area contributed by atoms with E-state index >= 15 is 4.39 Å². The number of nitrogens with zero attached hydrogens (tertiary/aromatic N) is 5. The zero-order chi connectivity index (χ0) is 24.3. The van der Waals surface area contributed by atoms with Crippen LogP contribution < -0.4 is 16.0 Å². The minimum atomic E-state index is -4.47. The van der Waals surface area contributed by atoms with Crippen molar-refractivity contribution in [3.8, 4) is 0 Å². The number of hydrogen-bond acceptors (Lipinski definition) is 7. The number of carbonyl (C=O) groups excluding carboxylic acids is 1. The van der Waals surface area contributed by atoms with Crippen molar-refractivity contribution >= 4 is 17.5 Å². The van der Waals surface area contributed by atoms with Gasteiger partial charge in [0.25, 0.3) is 0 Å². The van der Waals surface area contributed by atoms with Crippen molar-refractivity contribution in [2.24, 2.45) is 5.73 Å². The van der Waals surface area contributed by atoms with Crippen molar-refractivity contribution in [1.82, 2.24) is 19.9 Å². The van der Waals surface area contributed by atoms with Crippen LogP contribution in [-0.2, 0) is 30.5 Å². The Balaban J connectivity index is 1.47. The van der Waals surface area contributed by atoms with E-state index in [1.54, 1.807) is 23.2 Å². The van der Waals surface area contributed by atoms with Gasteiger partial charge in [-0.2, -0.15) is 17.6 Å². The van der Waals surface area contributed by atoms with E-state index < -0.39 is 23.5 Å². The van der Waals surface area contributed by atoms with Crippen LogP contribution in [0.2, 0.25) is 0 Å². The molecule has 1 fully saturated rings. The third kappa shape index (κ3) is 5.74. The second kappa shape index (κ2) is 9.57. The van der Waals surface area contributed by atoms with E-state index in [0.717, 1.165) is 30.7 Å². The van der Waals surface area contributed by atoms with E-state index in [4.69, 9.17) is 5.73 Å². The van der Waals surface area contributed by atoms with Crippen molar-refractivity contribution in [1.29, 1.82) is 0 Å². The summed E-state index contributed by atoms with van der Waals surface area (Å²) in [6, 6.07) is 5.66. The summed E-state index contributed by atoms with van der Waals surface area (Å²) in [5.74, 6) is -1.12. The maximum absolute atomic E-state index is 15.3. The SMILES string of the molecule is NC(=O)Cc1ccc(CNc2ncnc(N(Cc3ccc(C(F)(F)F)cn3)C3CC3)c2F)cn1. The van der Waals surface area contributed by atoms with E-state index in [1.165, 1.54) is 12.4 Å². The van der Waals surface area contributed by atoms with Crippen LogP contribution in [0.3, 0.4) is 0 Å². The summed E-state index contributed by atoms with van der Waals surface area (Å²) in [5, 5.41) is 2.91. The first kappa shape index (κ1) is 23.3. The molecular weight excluding hydrogens is 454 g/mol. The van der Waals surface area contributed by atoms with Crippen molar-refractivity contribution in [2.75, 3.05) is 10.2 Å². The molecule has 0 bridgehead atoms. The first-order valence-corrected chi connectivity index (χ1v) is 10.5. The molecular formula is C22H21F4N7O. The number of carbonyl (C=O) groups is 1. The summed E-state index contributed by atoms with van der Waals surface area (Å²) in [6.45, 7) is 0.336. The van der Waals surface area contributed by atoms with E-state index in [2.05, 4.69) is 25.3 Å². The standard InChI is InChI=1S/C22H21F4N7O/c23-19-20(30-9-13-1-3-15(28-8-13)7-18(27)34)31-12-32-21(19)33(17-5-6-17)11-16-4-2-14(10-29-16)22(24,25)26/h1-4,8,10,12,17H,5-7,9,11H2,(H2,27,34)(H,30,31,32). The fourth-order valence-electron chi connectivity index (χ4n) is 3.34. The monoisotopic (exact) mass is 475 g/mol. The third-order valence-corrected chi connectivity index (χ3v) is 5.22. The smallest absolute Gasteiger partial charge is 0.369 e. The zero-order valence-corrected chi connectivity index (χ0v) is 17.9. The Morgan fingerprint density at radius 2 is 1.79 bits per heavy atom. The summed E-state index contributed by atoms with van der Waals surface area (Å²) in [4.78, 5) is 28.8. The Morgan fingerprint density at radius 1 is 1.06 bits per heavy atom. The highest BCUT2D eigenvalue weighted by Crippen LogP contribution is 2.35. The Kier molecular flexibility index (Phi) is 6.57. The highest BCUT2D eigenvalue weighted by molar-refractivity contribution is 5.76. The van der Waals surface area contributed by atoms with Gasteiger partial charge < -0.3 is 16.0 Å². The fourth-order valence-corrected chi connectivity index (χ4v) is 3.34. The molecule has 1 saturated carbocycles. The molecule has 1 aliphatic rings. The number of rotatable bonds is 9. The number of halogens is 4. The minimum absolute atomic E-state index is 0.0164. The summed E-state index contributed by atoms with van der Waals surface area (Å²) in [6.07, 6.45) is 0.739. The van der Waals surface area contributed by atoms with Crippen molar-refractivity contribution in [2.45, 2.75) is 44.6 Å². The Morgan fingerprint density at radius 3 is 2.38 bits per heavy atom. The van der Waals surface area contributed by atoms with Crippen LogP contribution in [0.1, 0.15) is 35.4 Å². The van der Waals surface area contributed by atoms with Crippen LogP contribution in [0.4, 0.5) is 29.2 Å². The van der Waals surface area contributed by atoms with Gasteiger partial charge in [-0.25, -0.2) is 9.97 Å². The highest BCUT2D eigenvalue weighted by Gasteiger charge is 2.34. The molecule has 4 rings (SSSR count). The molecule has 1 aliphatic carbocycles. The topological polar surface area (TPSA) is 110 Å². The van der Waals surface area contributed by atoms with Crippen LogP contribution in [0.25, 0.3) is 0 Å². The zero-order valence-electron chi connectivity index (χ0n) is 17.9. The molecule has 1 amide bonds. The number of primary amides is 1. The van der Waals surface area contributed by atoms with Gasteiger partial charge in [0.2, 0.25) is 11.7 Å². The maximum Gasteiger partial charge on any atom is 0.417 e. The molecule has 0 aromatic carbocycles. The quantitative estimate of drug-likeness (QED) is 0.457. The van der Waals surface area contributed by atoms with Gasteiger partial charge in [0.1, 0.15) is 6.33 Å². The molecule has 12 heteroatoms. The molecule has 0 spiro atoms. The van der Waals surface area contributed by atoms with Gasteiger partial charge in [-0.05, 0) is 36.6 Å². The molecule has 178 valence electrons. The van der Waals surface area contributed by atoms with Gasteiger partial charge in [0.05, 0.1) is 24.2 Å². The fraction of sp³-hybridized carbons (Fsp3) is 0.318. The van der Waals surface area contributed by atoms with Gasteiger partial charge in [-0.15, -0.1) is 0 Å². The normalized spacial score (nSPS) is 13.5. The number of pyridine rings is 2. The van der Waals surface area contributed by atoms with Gasteiger partial charge in [-0.3, -0.25) is 14.8 Å². The molecule has 3 aromatic heterocycles. The minimum Gasteiger partial charge on any atom is -0.369 e. The van der Waals surface area contributed by atoms with E-state index in [9.17, 15) is 18.0 Å². The van der Waals surface area contributed by atoms with E-state index in [0.29, 0.717) is 11.4 Å². The van der Waals surface area contributed by atoms with Gasteiger partial charge in [0.15, 0.2) is 11.6 Å². The van der Waals surface area contributed by atoms with Gasteiger partial charge in [-0.1, -0.05) is 6.07 Å². The average molecular weight is 475 g/mol. The molecule has 0 radical (unpaired) electrons. The number of nitrogens with one attached hydrogen (secondary N) is 1. The lowest BCUT2D eigenvalue weighted by atomic mass is 10.2. The molecule has 0 aliphatic heterocycles.